The molecule has 0 aliphatic carbocycles. The number of aromatic nitrogens is 3. The SMILES string of the molecule is CC1(C)CCc2nc3cc(C#Cc4cc(F)ccn4)ccc3c(=O)n2C1. The molecule has 130 valence electrons. The highest BCUT2D eigenvalue weighted by atomic mass is 19.1. The lowest BCUT2D eigenvalue weighted by atomic mass is 9.85. The Bertz CT molecular complexity index is 1140. The molecule has 0 saturated heterocycles. The maximum absolute atomic E-state index is 13.2. The first-order chi connectivity index (χ1) is 12.4. The molecule has 4 rings (SSSR count). The van der Waals surface area contributed by atoms with Crippen molar-refractivity contribution in [2.45, 2.75) is 33.2 Å². The number of aryl methyl sites for hydroxylation is 1. The maximum Gasteiger partial charge on any atom is 0.261 e. The van der Waals surface area contributed by atoms with Gasteiger partial charge in [0.1, 0.15) is 17.3 Å². The van der Waals surface area contributed by atoms with Crippen molar-refractivity contribution in [2.24, 2.45) is 5.41 Å². The predicted octanol–water partition coefficient (Wildman–Crippen LogP) is 3.30. The highest BCUT2D eigenvalue weighted by molar-refractivity contribution is 5.79. The molecule has 3 aromatic rings. The zero-order valence-electron chi connectivity index (χ0n) is 14.7. The summed E-state index contributed by atoms with van der Waals surface area (Å²) >= 11 is 0. The second-order valence-corrected chi connectivity index (χ2v) is 7.42. The molecule has 5 heteroatoms. The Morgan fingerprint density at radius 2 is 2.04 bits per heavy atom. The second kappa shape index (κ2) is 6.06. The summed E-state index contributed by atoms with van der Waals surface area (Å²) in [7, 11) is 0. The number of fused-ring (bicyclic) bond motifs is 2. The van der Waals surface area contributed by atoms with Crippen LogP contribution in [0.15, 0.2) is 41.3 Å². The van der Waals surface area contributed by atoms with Gasteiger partial charge < -0.3 is 0 Å². The van der Waals surface area contributed by atoms with Crippen LogP contribution in [-0.4, -0.2) is 14.5 Å². The third-order valence-electron chi connectivity index (χ3n) is 4.70. The lowest BCUT2D eigenvalue weighted by Gasteiger charge is -2.31. The molecule has 1 aliphatic rings. The van der Waals surface area contributed by atoms with Gasteiger partial charge in [0.2, 0.25) is 0 Å². The number of benzene rings is 1. The number of rotatable bonds is 0. The van der Waals surface area contributed by atoms with Gasteiger partial charge in [-0.2, -0.15) is 0 Å². The quantitative estimate of drug-likeness (QED) is 0.586. The Morgan fingerprint density at radius 3 is 2.85 bits per heavy atom. The number of hydrogen-bond donors (Lipinski definition) is 0. The van der Waals surface area contributed by atoms with Crippen molar-refractivity contribution in [3.63, 3.8) is 0 Å². The topological polar surface area (TPSA) is 47.8 Å². The fourth-order valence-corrected chi connectivity index (χ4v) is 3.27. The summed E-state index contributed by atoms with van der Waals surface area (Å²) in [6, 6.07) is 7.94. The minimum Gasteiger partial charge on any atom is -0.296 e. The van der Waals surface area contributed by atoms with Crippen LogP contribution in [0, 0.1) is 23.1 Å². The van der Waals surface area contributed by atoms with Gasteiger partial charge in [0.15, 0.2) is 0 Å². The van der Waals surface area contributed by atoms with Gasteiger partial charge in [-0.25, -0.2) is 14.4 Å². The van der Waals surface area contributed by atoms with Crippen molar-refractivity contribution in [1.29, 1.82) is 0 Å². The first-order valence-electron chi connectivity index (χ1n) is 8.58. The Hall–Kier alpha value is -3.00. The highest BCUT2D eigenvalue weighted by Crippen LogP contribution is 2.29. The molecular weight excluding hydrogens is 329 g/mol. The monoisotopic (exact) mass is 347 g/mol. The highest BCUT2D eigenvalue weighted by Gasteiger charge is 2.27. The summed E-state index contributed by atoms with van der Waals surface area (Å²) in [5.74, 6) is 6.27. The molecule has 26 heavy (non-hydrogen) atoms. The van der Waals surface area contributed by atoms with Crippen LogP contribution in [0.3, 0.4) is 0 Å². The normalized spacial score (nSPS) is 15.2. The molecule has 0 spiro atoms. The Morgan fingerprint density at radius 1 is 1.19 bits per heavy atom. The summed E-state index contributed by atoms with van der Waals surface area (Å²) in [4.78, 5) is 21.5. The van der Waals surface area contributed by atoms with Crippen molar-refractivity contribution < 1.29 is 4.39 Å². The van der Waals surface area contributed by atoms with Crippen molar-refractivity contribution >= 4 is 10.9 Å². The van der Waals surface area contributed by atoms with Crippen LogP contribution < -0.4 is 5.56 Å². The summed E-state index contributed by atoms with van der Waals surface area (Å²) in [6.07, 6.45) is 3.19. The van der Waals surface area contributed by atoms with Crippen LogP contribution in [0.5, 0.6) is 0 Å². The predicted molar refractivity (Wildman–Crippen MR) is 98.3 cm³/mol. The molecule has 2 aromatic heterocycles. The van der Waals surface area contributed by atoms with Crippen molar-refractivity contribution in [3.05, 3.63) is 69.8 Å². The van der Waals surface area contributed by atoms with Gasteiger partial charge in [0, 0.05) is 30.8 Å². The van der Waals surface area contributed by atoms with Crippen LogP contribution in [0.2, 0.25) is 0 Å². The third kappa shape index (κ3) is 3.11. The van der Waals surface area contributed by atoms with Gasteiger partial charge in [0.05, 0.1) is 10.9 Å². The molecule has 0 radical (unpaired) electrons. The minimum absolute atomic E-state index is 0.00378. The molecular formula is C21H18FN3O. The van der Waals surface area contributed by atoms with Gasteiger partial charge in [-0.3, -0.25) is 9.36 Å². The molecule has 3 heterocycles. The van der Waals surface area contributed by atoms with Crippen LogP contribution in [0.25, 0.3) is 10.9 Å². The molecule has 4 nitrogen and oxygen atoms in total. The molecule has 0 amide bonds. The molecule has 1 aromatic carbocycles. The number of halogens is 1. The van der Waals surface area contributed by atoms with E-state index in [-0.39, 0.29) is 16.8 Å². The second-order valence-electron chi connectivity index (χ2n) is 7.42. The maximum atomic E-state index is 13.2. The van der Waals surface area contributed by atoms with Crippen molar-refractivity contribution in [1.82, 2.24) is 14.5 Å². The van der Waals surface area contributed by atoms with E-state index >= 15 is 0 Å². The third-order valence-corrected chi connectivity index (χ3v) is 4.70. The van der Waals surface area contributed by atoms with E-state index in [1.54, 1.807) is 16.7 Å². The van der Waals surface area contributed by atoms with Crippen LogP contribution in [-0.2, 0) is 13.0 Å². The average Bonchev–Trinajstić information content (AvgIpc) is 2.60. The largest absolute Gasteiger partial charge is 0.296 e. The first kappa shape index (κ1) is 16.5. The standard InChI is InChI=1S/C21H18FN3O/c1-21(2)9-7-19-24-18-11-14(3-5-16-12-15(22)8-10-23-16)4-6-17(18)20(26)25(19)13-21/h4,6,8,10-12H,7,9,13H2,1-2H3. The van der Waals surface area contributed by atoms with E-state index in [9.17, 15) is 9.18 Å². The molecule has 0 bridgehead atoms. The molecule has 1 aliphatic heterocycles. The lowest BCUT2D eigenvalue weighted by Crippen LogP contribution is -2.36. The fourth-order valence-electron chi connectivity index (χ4n) is 3.27. The van der Waals surface area contributed by atoms with E-state index in [1.807, 2.05) is 6.07 Å². The van der Waals surface area contributed by atoms with E-state index < -0.39 is 0 Å². The van der Waals surface area contributed by atoms with E-state index in [0.29, 0.717) is 23.1 Å². The van der Waals surface area contributed by atoms with Crippen LogP contribution in [0.4, 0.5) is 4.39 Å². The summed E-state index contributed by atoms with van der Waals surface area (Å²) in [5, 5.41) is 0.598. The number of nitrogens with zero attached hydrogens (tertiary/aromatic N) is 3. The van der Waals surface area contributed by atoms with Gasteiger partial charge >= 0.3 is 0 Å². The summed E-state index contributed by atoms with van der Waals surface area (Å²) in [6.45, 7) is 5.04. The smallest absolute Gasteiger partial charge is 0.261 e. The number of hydrogen-bond acceptors (Lipinski definition) is 3. The van der Waals surface area contributed by atoms with Crippen molar-refractivity contribution in [2.75, 3.05) is 0 Å². The van der Waals surface area contributed by atoms with Crippen LogP contribution in [0.1, 0.15) is 37.4 Å². The molecule has 0 saturated carbocycles. The Labute approximate surface area is 150 Å². The zero-order chi connectivity index (χ0) is 18.3. The van der Waals surface area contributed by atoms with Crippen LogP contribution >= 0.6 is 0 Å². The van der Waals surface area contributed by atoms with E-state index in [4.69, 9.17) is 4.98 Å². The molecule has 0 N–H and O–H groups in total. The number of pyridine rings is 1. The molecule has 0 atom stereocenters. The minimum atomic E-state index is -0.368. The Balaban J connectivity index is 1.76. The molecule has 0 unspecified atom stereocenters. The summed E-state index contributed by atoms with van der Waals surface area (Å²) in [5.41, 5.74) is 1.85. The van der Waals surface area contributed by atoms with E-state index in [2.05, 4.69) is 30.7 Å². The lowest BCUT2D eigenvalue weighted by molar-refractivity contribution is 0.240. The zero-order valence-corrected chi connectivity index (χ0v) is 14.7. The van der Waals surface area contributed by atoms with Gasteiger partial charge in [-0.05, 0) is 42.0 Å². The van der Waals surface area contributed by atoms with E-state index in [1.165, 1.54) is 18.3 Å². The first-order valence-corrected chi connectivity index (χ1v) is 8.58. The van der Waals surface area contributed by atoms with Gasteiger partial charge in [-0.15, -0.1) is 0 Å². The van der Waals surface area contributed by atoms with Gasteiger partial charge in [0.25, 0.3) is 5.56 Å². The Kier molecular flexibility index (Phi) is 3.84. The molecule has 0 fully saturated rings. The summed E-state index contributed by atoms with van der Waals surface area (Å²) < 4.78 is 15.0. The average molecular weight is 347 g/mol. The van der Waals surface area contributed by atoms with Gasteiger partial charge in [-0.1, -0.05) is 19.8 Å². The van der Waals surface area contributed by atoms with Crippen molar-refractivity contribution in [3.8, 4) is 11.8 Å². The van der Waals surface area contributed by atoms with E-state index in [0.717, 1.165) is 24.2 Å². The fraction of sp³-hybridized carbons (Fsp3) is 0.286.